The number of hydrogen-bond acceptors (Lipinski definition) is 4. The third-order valence-corrected chi connectivity index (χ3v) is 5.15. The summed E-state index contributed by atoms with van der Waals surface area (Å²) in [6.45, 7) is 1.34. The molecule has 7 heteroatoms. The van der Waals surface area contributed by atoms with Crippen LogP contribution in [0, 0.1) is 11.8 Å². The summed E-state index contributed by atoms with van der Waals surface area (Å²) in [5.74, 6) is 0.762. The molecule has 4 rings (SSSR count). The lowest BCUT2D eigenvalue weighted by molar-refractivity contribution is -0.117. The average molecular weight is 328 g/mol. The maximum absolute atomic E-state index is 12.7. The molecule has 0 aromatic heterocycles. The average Bonchev–Trinajstić information content (AvgIpc) is 3.25. The first kappa shape index (κ1) is 15.1. The highest BCUT2D eigenvalue weighted by Crippen LogP contribution is 2.41. The molecule has 24 heavy (non-hydrogen) atoms. The molecule has 0 radical (unpaired) electrons. The summed E-state index contributed by atoms with van der Waals surface area (Å²) in [4.78, 5) is 38.8. The molecule has 0 bridgehead atoms. The number of likely N-dealkylation sites (tertiary alicyclic amines) is 1. The highest BCUT2D eigenvalue weighted by molar-refractivity contribution is 6.12. The molecule has 3 N–H and O–H groups in total. The zero-order valence-corrected chi connectivity index (χ0v) is 13.3. The van der Waals surface area contributed by atoms with Gasteiger partial charge in [0.1, 0.15) is 6.54 Å². The molecule has 3 fully saturated rings. The number of imide groups is 1. The number of hydrogen-bond donors (Lipinski definition) is 2. The van der Waals surface area contributed by atoms with Crippen LogP contribution in [-0.2, 0) is 4.79 Å². The second-order valence-electron chi connectivity index (χ2n) is 6.86. The zero-order chi connectivity index (χ0) is 16.8. The lowest BCUT2D eigenvalue weighted by Gasteiger charge is -2.17. The van der Waals surface area contributed by atoms with Crippen LogP contribution in [0.2, 0.25) is 0 Å². The second-order valence-corrected chi connectivity index (χ2v) is 6.86. The predicted octanol–water partition coefficient (Wildman–Crippen LogP) is 0.552. The number of carbonyl (C=O) groups is 3. The third-order valence-electron chi connectivity index (χ3n) is 5.15. The Labute approximate surface area is 139 Å². The van der Waals surface area contributed by atoms with Gasteiger partial charge in [0.2, 0.25) is 5.91 Å². The number of nitrogens with zero attached hydrogens (tertiary/aromatic N) is 2. The van der Waals surface area contributed by atoms with E-state index in [-0.39, 0.29) is 24.4 Å². The van der Waals surface area contributed by atoms with Crippen LogP contribution < -0.4 is 16.0 Å². The van der Waals surface area contributed by atoms with Crippen LogP contribution in [0.5, 0.6) is 0 Å². The standard InChI is InChI=1S/C17H20N4O3/c18-14-8-20(7-13(14)10-1-2-10)16(23)11-3-5-12(6-4-11)21-9-15(22)19-17(21)24/h3-6,10,13-14H,1-2,7-9,18H2,(H,19,22,24)/t13-,14+/m1/s1. The van der Waals surface area contributed by atoms with E-state index in [0.29, 0.717) is 29.6 Å². The molecular formula is C17H20N4O3. The van der Waals surface area contributed by atoms with Crippen molar-refractivity contribution in [3.63, 3.8) is 0 Å². The predicted molar refractivity (Wildman–Crippen MR) is 87.4 cm³/mol. The van der Waals surface area contributed by atoms with Crippen LogP contribution in [0.3, 0.4) is 0 Å². The topological polar surface area (TPSA) is 95.7 Å². The van der Waals surface area contributed by atoms with Gasteiger partial charge >= 0.3 is 6.03 Å². The first-order valence-corrected chi connectivity index (χ1v) is 8.29. The molecule has 126 valence electrons. The zero-order valence-electron chi connectivity index (χ0n) is 13.3. The summed E-state index contributed by atoms with van der Waals surface area (Å²) >= 11 is 0. The Bertz CT molecular complexity index is 698. The van der Waals surface area contributed by atoms with E-state index in [1.807, 2.05) is 4.90 Å². The number of urea groups is 1. The lowest BCUT2D eigenvalue weighted by Crippen LogP contribution is -2.32. The minimum absolute atomic E-state index is 0.0101. The number of anilines is 1. The van der Waals surface area contributed by atoms with E-state index in [2.05, 4.69) is 5.32 Å². The minimum Gasteiger partial charge on any atom is -0.337 e. The molecule has 2 saturated heterocycles. The van der Waals surface area contributed by atoms with Crippen LogP contribution in [0.1, 0.15) is 23.2 Å². The summed E-state index contributed by atoms with van der Waals surface area (Å²) in [5, 5.41) is 2.23. The van der Waals surface area contributed by atoms with E-state index in [4.69, 9.17) is 5.73 Å². The fraction of sp³-hybridized carbons (Fsp3) is 0.471. The fourth-order valence-corrected chi connectivity index (χ4v) is 3.66. The van der Waals surface area contributed by atoms with Crippen molar-refractivity contribution in [1.29, 1.82) is 0 Å². The summed E-state index contributed by atoms with van der Waals surface area (Å²) < 4.78 is 0. The van der Waals surface area contributed by atoms with E-state index in [1.54, 1.807) is 24.3 Å². The van der Waals surface area contributed by atoms with Crippen molar-refractivity contribution in [3.8, 4) is 0 Å². The Balaban J connectivity index is 1.46. The van der Waals surface area contributed by atoms with Gasteiger partial charge in [0.15, 0.2) is 0 Å². The summed E-state index contributed by atoms with van der Waals surface area (Å²) in [7, 11) is 0. The summed E-state index contributed by atoms with van der Waals surface area (Å²) in [5.41, 5.74) is 7.36. The first-order valence-electron chi connectivity index (χ1n) is 8.29. The number of amides is 4. The highest BCUT2D eigenvalue weighted by Gasteiger charge is 2.42. The Morgan fingerprint density at radius 3 is 2.42 bits per heavy atom. The van der Waals surface area contributed by atoms with Gasteiger partial charge in [0.25, 0.3) is 5.91 Å². The van der Waals surface area contributed by atoms with E-state index in [9.17, 15) is 14.4 Å². The van der Waals surface area contributed by atoms with Crippen molar-refractivity contribution < 1.29 is 14.4 Å². The van der Waals surface area contributed by atoms with Crippen LogP contribution in [0.15, 0.2) is 24.3 Å². The SMILES string of the molecule is N[C@H]1CN(C(=O)c2ccc(N3CC(=O)NC3=O)cc2)C[C@@H]1C1CC1. The molecule has 3 aliphatic rings. The third kappa shape index (κ3) is 2.65. The largest absolute Gasteiger partial charge is 0.337 e. The second kappa shape index (κ2) is 5.59. The quantitative estimate of drug-likeness (QED) is 0.792. The van der Waals surface area contributed by atoms with Crippen molar-refractivity contribution in [2.75, 3.05) is 24.5 Å². The van der Waals surface area contributed by atoms with Crippen LogP contribution in [-0.4, -0.2) is 48.4 Å². The van der Waals surface area contributed by atoms with Gasteiger partial charge in [-0.2, -0.15) is 0 Å². The van der Waals surface area contributed by atoms with Crippen molar-refractivity contribution in [3.05, 3.63) is 29.8 Å². The molecular weight excluding hydrogens is 308 g/mol. The van der Waals surface area contributed by atoms with Gasteiger partial charge in [-0.1, -0.05) is 0 Å². The number of rotatable bonds is 3. The molecule has 0 unspecified atom stereocenters. The smallest absolute Gasteiger partial charge is 0.329 e. The summed E-state index contributed by atoms with van der Waals surface area (Å²) in [6, 6.07) is 6.42. The molecule has 1 saturated carbocycles. The lowest BCUT2D eigenvalue weighted by atomic mass is 9.99. The Kier molecular flexibility index (Phi) is 3.53. The maximum atomic E-state index is 12.7. The fourth-order valence-electron chi connectivity index (χ4n) is 3.66. The van der Waals surface area contributed by atoms with Crippen molar-refractivity contribution in [2.24, 2.45) is 17.6 Å². The molecule has 4 amide bonds. The van der Waals surface area contributed by atoms with Gasteiger partial charge < -0.3 is 10.6 Å². The highest BCUT2D eigenvalue weighted by atomic mass is 16.2. The van der Waals surface area contributed by atoms with E-state index < -0.39 is 6.03 Å². The molecule has 1 aromatic carbocycles. The van der Waals surface area contributed by atoms with Crippen LogP contribution in [0.25, 0.3) is 0 Å². The van der Waals surface area contributed by atoms with Crippen LogP contribution >= 0.6 is 0 Å². The molecule has 1 aromatic rings. The normalized spacial score (nSPS) is 26.9. The molecule has 0 spiro atoms. The molecule has 2 atom stereocenters. The molecule has 7 nitrogen and oxygen atoms in total. The van der Waals surface area contributed by atoms with Gasteiger partial charge in [0, 0.05) is 30.4 Å². The number of carbonyl (C=O) groups excluding carboxylic acids is 3. The van der Waals surface area contributed by atoms with Crippen molar-refractivity contribution >= 4 is 23.5 Å². The first-order chi connectivity index (χ1) is 11.5. The van der Waals surface area contributed by atoms with Gasteiger partial charge in [-0.25, -0.2) is 4.79 Å². The monoisotopic (exact) mass is 328 g/mol. The Morgan fingerprint density at radius 2 is 1.83 bits per heavy atom. The Morgan fingerprint density at radius 1 is 1.12 bits per heavy atom. The van der Waals surface area contributed by atoms with E-state index in [0.717, 1.165) is 6.54 Å². The molecule has 2 aliphatic heterocycles. The summed E-state index contributed by atoms with van der Waals surface area (Å²) in [6.07, 6.45) is 2.46. The van der Waals surface area contributed by atoms with Gasteiger partial charge in [-0.05, 0) is 48.9 Å². The number of nitrogens with two attached hydrogens (primary N) is 1. The van der Waals surface area contributed by atoms with Gasteiger partial charge in [-0.3, -0.25) is 19.8 Å². The van der Waals surface area contributed by atoms with E-state index >= 15 is 0 Å². The minimum atomic E-state index is -0.433. The van der Waals surface area contributed by atoms with Crippen LogP contribution in [0.4, 0.5) is 10.5 Å². The van der Waals surface area contributed by atoms with E-state index in [1.165, 1.54) is 17.7 Å². The number of nitrogens with one attached hydrogen (secondary N) is 1. The molecule has 2 heterocycles. The number of benzene rings is 1. The van der Waals surface area contributed by atoms with Crippen molar-refractivity contribution in [1.82, 2.24) is 10.2 Å². The Hall–Kier alpha value is -2.41. The van der Waals surface area contributed by atoms with Gasteiger partial charge in [0.05, 0.1) is 0 Å². The maximum Gasteiger partial charge on any atom is 0.329 e. The van der Waals surface area contributed by atoms with Gasteiger partial charge in [-0.15, -0.1) is 0 Å². The van der Waals surface area contributed by atoms with Crippen molar-refractivity contribution in [2.45, 2.75) is 18.9 Å². The molecule has 1 aliphatic carbocycles.